The van der Waals surface area contributed by atoms with Gasteiger partial charge in [-0.2, -0.15) is 0 Å². The van der Waals surface area contributed by atoms with Crippen LogP contribution in [0.5, 0.6) is 5.75 Å². The van der Waals surface area contributed by atoms with Crippen molar-refractivity contribution in [2.75, 3.05) is 25.9 Å². The van der Waals surface area contributed by atoms with E-state index in [0.29, 0.717) is 34.6 Å². The normalized spacial score (nSPS) is 18.0. The largest absolute Gasteiger partial charge is 0.496 e. The van der Waals surface area contributed by atoms with Gasteiger partial charge in [0.15, 0.2) is 0 Å². The highest BCUT2D eigenvalue weighted by molar-refractivity contribution is 6.33. The minimum Gasteiger partial charge on any atom is -0.496 e. The Hall–Kier alpha value is -1.46. The SMILES string of the molecule is COc1cc(N)c(Cl)cc1C(=O)NCCCC1CCCCN1. The van der Waals surface area contributed by atoms with Gasteiger partial charge in [0.1, 0.15) is 5.75 Å². The molecule has 0 spiro atoms. The highest BCUT2D eigenvalue weighted by Crippen LogP contribution is 2.28. The fraction of sp³-hybridized carbons (Fsp3) is 0.562. The first-order valence-corrected chi connectivity index (χ1v) is 8.14. The number of amides is 1. The van der Waals surface area contributed by atoms with Crippen molar-refractivity contribution < 1.29 is 9.53 Å². The van der Waals surface area contributed by atoms with Crippen LogP contribution in [0.2, 0.25) is 5.02 Å². The molecule has 1 atom stereocenters. The summed E-state index contributed by atoms with van der Waals surface area (Å²) in [5.74, 6) is 0.253. The van der Waals surface area contributed by atoms with E-state index >= 15 is 0 Å². The van der Waals surface area contributed by atoms with E-state index in [1.54, 1.807) is 12.1 Å². The third-order valence-electron chi connectivity index (χ3n) is 3.99. The molecule has 1 unspecified atom stereocenters. The second kappa shape index (κ2) is 8.25. The topological polar surface area (TPSA) is 76.4 Å². The molecule has 1 aromatic carbocycles. The van der Waals surface area contributed by atoms with E-state index in [9.17, 15) is 4.79 Å². The van der Waals surface area contributed by atoms with Crippen LogP contribution >= 0.6 is 11.6 Å². The number of nitrogens with one attached hydrogen (secondary N) is 2. The molecule has 1 aromatic rings. The van der Waals surface area contributed by atoms with Gasteiger partial charge in [0, 0.05) is 18.7 Å². The van der Waals surface area contributed by atoms with Crippen molar-refractivity contribution in [2.45, 2.75) is 38.1 Å². The van der Waals surface area contributed by atoms with E-state index in [4.69, 9.17) is 22.1 Å². The van der Waals surface area contributed by atoms with E-state index in [1.165, 1.54) is 26.4 Å². The van der Waals surface area contributed by atoms with Crippen LogP contribution in [-0.4, -0.2) is 32.1 Å². The number of carbonyl (C=O) groups is 1. The average molecular weight is 326 g/mol. The molecule has 0 saturated carbocycles. The monoisotopic (exact) mass is 325 g/mol. The summed E-state index contributed by atoms with van der Waals surface area (Å²) < 4.78 is 5.19. The van der Waals surface area contributed by atoms with E-state index < -0.39 is 0 Å². The molecular weight excluding hydrogens is 302 g/mol. The van der Waals surface area contributed by atoms with Gasteiger partial charge in [-0.05, 0) is 38.3 Å². The Bertz CT molecular complexity index is 516. The molecule has 6 heteroatoms. The van der Waals surface area contributed by atoms with Crippen molar-refractivity contribution >= 4 is 23.2 Å². The van der Waals surface area contributed by atoms with Crippen molar-refractivity contribution in [1.29, 1.82) is 0 Å². The quantitative estimate of drug-likeness (QED) is 0.555. The predicted octanol–water partition coefficient (Wildman–Crippen LogP) is 2.58. The van der Waals surface area contributed by atoms with E-state index in [1.807, 2.05) is 0 Å². The summed E-state index contributed by atoms with van der Waals surface area (Å²) in [6.07, 6.45) is 5.83. The van der Waals surface area contributed by atoms with Crippen LogP contribution in [0.3, 0.4) is 0 Å². The number of hydrogen-bond acceptors (Lipinski definition) is 4. The Morgan fingerprint density at radius 1 is 1.50 bits per heavy atom. The number of anilines is 1. The number of nitrogens with two attached hydrogens (primary N) is 1. The van der Waals surface area contributed by atoms with Gasteiger partial charge >= 0.3 is 0 Å². The van der Waals surface area contributed by atoms with Gasteiger partial charge in [-0.3, -0.25) is 4.79 Å². The van der Waals surface area contributed by atoms with Crippen molar-refractivity contribution in [3.63, 3.8) is 0 Å². The molecule has 0 bridgehead atoms. The first-order valence-electron chi connectivity index (χ1n) is 7.76. The van der Waals surface area contributed by atoms with Crippen LogP contribution in [0.1, 0.15) is 42.5 Å². The zero-order valence-corrected chi connectivity index (χ0v) is 13.7. The summed E-state index contributed by atoms with van der Waals surface area (Å²) in [6, 6.07) is 3.71. The number of carbonyl (C=O) groups excluding carboxylic acids is 1. The first kappa shape index (κ1) is 16.9. The molecule has 2 rings (SSSR count). The number of nitrogen functional groups attached to an aromatic ring is 1. The lowest BCUT2D eigenvalue weighted by Gasteiger charge is -2.23. The number of piperidine rings is 1. The fourth-order valence-corrected chi connectivity index (χ4v) is 2.90. The Labute approximate surface area is 136 Å². The van der Waals surface area contributed by atoms with E-state index in [-0.39, 0.29) is 5.91 Å². The van der Waals surface area contributed by atoms with Crippen molar-refractivity contribution in [3.05, 3.63) is 22.7 Å². The number of hydrogen-bond donors (Lipinski definition) is 3. The molecule has 0 radical (unpaired) electrons. The minimum absolute atomic E-state index is 0.185. The Morgan fingerprint density at radius 3 is 3.00 bits per heavy atom. The minimum atomic E-state index is -0.185. The second-order valence-electron chi connectivity index (χ2n) is 5.62. The molecule has 0 aliphatic carbocycles. The number of benzene rings is 1. The maximum absolute atomic E-state index is 12.2. The van der Waals surface area contributed by atoms with Crippen LogP contribution in [0.4, 0.5) is 5.69 Å². The van der Waals surface area contributed by atoms with Gasteiger partial charge in [0.05, 0.1) is 23.4 Å². The maximum Gasteiger partial charge on any atom is 0.255 e. The molecule has 1 fully saturated rings. The summed E-state index contributed by atoms with van der Waals surface area (Å²) in [5, 5.41) is 6.78. The van der Waals surface area contributed by atoms with Gasteiger partial charge in [-0.25, -0.2) is 0 Å². The number of rotatable bonds is 6. The highest BCUT2D eigenvalue weighted by Gasteiger charge is 2.15. The zero-order valence-electron chi connectivity index (χ0n) is 13.0. The predicted molar refractivity (Wildman–Crippen MR) is 89.6 cm³/mol. The Morgan fingerprint density at radius 2 is 2.32 bits per heavy atom. The van der Waals surface area contributed by atoms with E-state index in [0.717, 1.165) is 19.4 Å². The Kier molecular flexibility index (Phi) is 6.34. The molecule has 1 amide bonds. The second-order valence-corrected chi connectivity index (χ2v) is 6.03. The summed E-state index contributed by atoms with van der Waals surface area (Å²) >= 11 is 5.98. The molecule has 0 aromatic heterocycles. The lowest BCUT2D eigenvalue weighted by molar-refractivity contribution is 0.0949. The molecule has 1 heterocycles. The highest BCUT2D eigenvalue weighted by atomic mass is 35.5. The van der Waals surface area contributed by atoms with Gasteiger partial charge in [0.25, 0.3) is 5.91 Å². The Balaban J connectivity index is 1.83. The van der Waals surface area contributed by atoms with Crippen LogP contribution < -0.4 is 21.1 Å². The van der Waals surface area contributed by atoms with Crippen LogP contribution in [-0.2, 0) is 0 Å². The molecule has 1 aliphatic rings. The van der Waals surface area contributed by atoms with Crippen molar-refractivity contribution in [1.82, 2.24) is 10.6 Å². The summed E-state index contributed by atoms with van der Waals surface area (Å²) in [5.41, 5.74) is 6.53. The van der Waals surface area contributed by atoms with Gasteiger partial charge in [0.2, 0.25) is 0 Å². The van der Waals surface area contributed by atoms with Crippen LogP contribution in [0, 0.1) is 0 Å². The van der Waals surface area contributed by atoms with Gasteiger partial charge in [-0.1, -0.05) is 18.0 Å². The molecule has 5 nitrogen and oxygen atoms in total. The number of halogens is 1. The summed E-state index contributed by atoms with van der Waals surface area (Å²) in [7, 11) is 1.51. The lowest BCUT2D eigenvalue weighted by Crippen LogP contribution is -2.35. The third kappa shape index (κ3) is 4.52. The molecule has 22 heavy (non-hydrogen) atoms. The van der Waals surface area contributed by atoms with Gasteiger partial charge < -0.3 is 21.1 Å². The molecule has 1 aliphatic heterocycles. The average Bonchev–Trinajstić information content (AvgIpc) is 2.54. The van der Waals surface area contributed by atoms with Crippen molar-refractivity contribution in [3.8, 4) is 5.75 Å². The van der Waals surface area contributed by atoms with E-state index in [2.05, 4.69) is 10.6 Å². The standard InChI is InChI=1S/C16H24ClN3O2/c1-22-15-10-14(18)13(17)9-12(15)16(21)20-8-4-6-11-5-2-3-7-19-11/h9-11,19H,2-8,18H2,1H3,(H,20,21). The van der Waals surface area contributed by atoms with Gasteiger partial charge in [-0.15, -0.1) is 0 Å². The van der Waals surface area contributed by atoms with Crippen molar-refractivity contribution in [2.24, 2.45) is 0 Å². The summed E-state index contributed by atoms with van der Waals surface area (Å²) in [4.78, 5) is 12.2. The number of ether oxygens (including phenoxy) is 1. The molecule has 1 saturated heterocycles. The zero-order chi connectivity index (χ0) is 15.9. The molecule has 122 valence electrons. The van der Waals surface area contributed by atoms with Crippen LogP contribution in [0.15, 0.2) is 12.1 Å². The first-order chi connectivity index (χ1) is 10.6. The third-order valence-corrected chi connectivity index (χ3v) is 4.32. The van der Waals surface area contributed by atoms with Crippen LogP contribution in [0.25, 0.3) is 0 Å². The number of methoxy groups -OCH3 is 1. The molecule has 4 N–H and O–H groups in total. The smallest absolute Gasteiger partial charge is 0.255 e. The fourth-order valence-electron chi connectivity index (χ4n) is 2.73. The summed E-state index contributed by atoms with van der Waals surface area (Å²) in [6.45, 7) is 1.75. The molecular formula is C16H24ClN3O2. The maximum atomic E-state index is 12.2. The lowest BCUT2D eigenvalue weighted by atomic mass is 10.0.